The van der Waals surface area contributed by atoms with Gasteiger partial charge >= 0.3 is 0 Å². The highest BCUT2D eigenvalue weighted by atomic mass is 16.6. The van der Waals surface area contributed by atoms with E-state index in [-0.39, 0.29) is 17.3 Å². The summed E-state index contributed by atoms with van der Waals surface area (Å²) in [6, 6.07) is 6.23. The molecule has 1 saturated heterocycles. The zero-order chi connectivity index (χ0) is 12.4. The number of carbonyl (C=O) groups is 1. The summed E-state index contributed by atoms with van der Waals surface area (Å²) in [6.07, 6.45) is 0.533. The van der Waals surface area contributed by atoms with Gasteiger partial charge in [0.25, 0.3) is 0 Å². The summed E-state index contributed by atoms with van der Waals surface area (Å²) in [5.41, 5.74) is 1.89. The molecule has 0 radical (unpaired) electrons. The van der Waals surface area contributed by atoms with E-state index in [2.05, 4.69) is 5.32 Å². The van der Waals surface area contributed by atoms with E-state index in [1.807, 2.05) is 31.2 Å². The summed E-state index contributed by atoms with van der Waals surface area (Å²) in [5.74, 6) is -0.117. The molecule has 90 valence electrons. The van der Waals surface area contributed by atoms with Crippen LogP contribution in [-0.2, 0) is 4.79 Å². The number of carbonyl (C=O) groups excluding carboxylic acids is 1. The van der Waals surface area contributed by atoms with Gasteiger partial charge in [0.15, 0.2) is 0 Å². The molecule has 1 amide bonds. The van der Waals surface area contributed by atoms with Gasteiger partial charge in [-0.05, 0) is 12.5 Å². The highest BCUT2D eigenvalue weighted by Crippen LogP contribution is 2.26. The van der Waals surface area contributed by atoms with Crippen LogP contribution in [0.1, 0.15) is 30.0 Å². The molecule has 5 nitrogen and oxygen atoms in total. The van der Waals surface area contributed by atoms with Gasteiger partial charge in [0, 0.05) is 17.8 Å². The Kier molecular flexibility index (Phi) is 3.08. The second-order valence-corrected chi connectivity index (χ2v) is 4.35. The van der Waals surface area contributed by atoms with Gasteiger partial charge in [-0.3, -0.25) is 14.9 Å². The van der Waals surface area contributed by atoms with Gasteiger partial charge in [0.2, 0.25) is 11.9 Å². The summed E-state index contributed by atoms with van der Waals surface area (Å²) in [7, 11) is 0. The van der Waals surface area contributed by atoms with Crippen LogP contribution >= 0.6 is 0 Å². The van der Waals surface area contributed by atoms with E-state index in [0.717, 1.165) is 11.1 Å². The number of hydrogen-bond donors (Lipinski definition) is 1. The van der Waals surface area contributed by atoms with Gasteiger partial charge in [-0.15, -0.1) is 0 Å². The third-order valence-electron chi connectivity index (χ3n) is 3.08. The topological polar surface area (TPSA) is 72.2 Å². The number of hydrogen-bond acceptors (Lipinski definition) is 3. The fourth-order valence-corrected chi connectivity index (χ4v) is 2.09. The molecule has 2 rings (SSSR count). The number of nitrogens with zero attached hydrogens (tertiary/aromatic N) is 1. The highest BCUT2D eigenvalue weighted by molar-refractivity contribution is 5.77. The van der Waals surface area contributed by atoms with Crippen LogP contribution in [-0.4, -0.2) is 16.9 Å². The standard InChI is InChI=1S/C12H14N2O3/c1-8-2-4-9(5-3-8)12-10(14(16)17)6-7-11(15)13-12/h2-5,10,12H,6-7H2,1H3,(H,13,15)/t10-,12+/m1/s1. The van der Waals surface area contributed by atoms with Crippen molar-refractivity contribution in [2.75, 3.05) is 0 Å². The van der Waals surface area contributed by atoms with Crippen LogP contribution in [0, 0.1) is 17.0 Å². The Morgan fingerprint density at radius 3 is 2.59 bits per heavy atom. The monoisotopic (exact) mass is 234 g/mol. The van der Waals surface area contributed by atoms with Crippen LogP contribution in [0.3, 0.4) is 0 Å². The molecule has 2 atom stereocenters. The van der Waals surface area contributed by atoms with Crippen LogP contribution in [0.2, 0.25) is 0 Å². The first-order chi connectivity index (χ1) is 8.08. The maximum Gasteiger partial charge on any atom is 0.237 e. The fourth-order valence-electron chi connectivity index (χ4n) is 2.09. The normalized spacial score (nSPS) is 24.2. The van der Waals surface area contributed by atoms with Crippen LogP contribution in [0.4, 0.5) is 0 Å². The lowest BCUT2D eigenvalue weighted by Crippen LogP contribution is -2.45. The Morgan fingerprint density at radius 1 is 1.35 bits per heavy atom. The summed E-state index contributed by atoms with van der Waals surface area (Å²) in [6.45, 7) is 1.95. The molecule has 0 bridgehead atoms. The maximum absolute atomic E-state index is 11.3. The molecule has 1 aliphatic heterocycles. The van der Waals surface area contributed by atoms with Crippen molar-refractivity contribution < 1.29 is 9.72 Å². The van der Waals surface area contributed by atoms with Crippen LogP contribution in [0.25, 0.3) is 0 Å². The van der Waals surface area contributed by atoms with Crippen LogP contribution in [0.5, 0.6) is 0 Å². The second kappa shape index (κ2) is 4.53. The van der Waals surface area contributed by atoms with E-state index in [9.17, 15) is 14.9 Å². The number of piperidine rings is 1. The maximum atomic E-state index is 11.3. The Labute approximate surface area is 99.0 Å². The minimum atomic E-state index is -0.726. The Morgan fingerprint density at radius 2 is 2.00 bits per heavy atom. The zero-order valence-electron chi connectivity index (χ0n) is 9.55. The van der Waals surface area contributed by atoms with E-state index >= 15 is 0 Å². The summed E-state index contributed by atoms with van der Waals surface area (Å²) in [4.78, 5) is 22.0. The van der Waals surface area contributed by atoms with Crippen molar-refractivity contribution in [2.45, 2.75) is 31.8 Å². The van der Waals surface area contributed by atoms with E-state index < -0.39 is 12.1 Å². The minimum absolute atomic E-state index is 0.117. The van der Waals surface area contributed by atoms with Crippen LogP contribution in [0.15, 0.2) is 24.3 Å². The molecule has 5 heteroatoms. The quantitative estimate of drug-likeness (QED) is 0.624. The smallest absolute Gasteiger partial charge is 0.237 e. The molecule has 1 N–H and O–H groups in total. The SMILES string of the molecule is Cc1ccc([C@@H]2NC(=O)CC[C@H]2[N+](=O)[O-])cc1. The number of aryl methyl sites for hydroxylation is 1. The lowest BCUT2D eigenvalue weighted by atomic mass is 9.92. The molecular formula is C12H14N2O3. The summed E-state index contributed by atoms with van der Waals surface area (Å²) >= 11 is 0. The van der Waals surface area contributed by atoms with Crippen molar-refractivity contribution in [1.82, 2.24) is 5.32 Å². The minimum Gasteiger partial charge on any atom is -0.343 e. The van der Waals surface area contributed by atoms with Crippen LogP contribution < -0.4 is 5.32 Å². The Balaban J connectivity index is 2.28. The molecule has 17 heavy (non-hydrogen) atoms. The van der Waals surface area contributed by atoms with Crippen molar-refractivity contribution in [3.63, 3.8) is 0 Å². The third-order valence-corrected chi connectivity index (χ3v) is 3.08. The van der Waals surface area contributed by atoms with Crippen molar-refractivity contribution in [1.29, 1.82) is 0 Å². The molecule has 0 saturated carbocycles. The number of nitrogens with one attached hydrogen (secondary N) is 1. The molecule has 1 fully saturated rings. The zero-order valence-corrected chi connectivity index (χ0v) is 9.55. The number of rotatable bonds is 2. The van der Waals surface area contributed by atoms with Crippen molar-refractivity contribution in [3.05, 3.63) is 45.5 Å². The molecule has 1 aromatic rings. The number of nitro groups is 1. The molecule has 0 aromatic heterocycles. The molecule has 0 unspecified atom stereocenters. The largest absolute Gasteiger partial charge is 0.343 e. The fraction of sp³-hybridized carbons (Fsp3) is 0.417. The second-order valence-electron chi connectivity index (χ2n) is 4.35. The molecule has 0 spiro atoms. The van der Waals surface area contributed by atoms with Crippen molar-refractivity contribution >= 4 is 5.91 Å². The van der Waals surface area contributed by atoms with Crippen molar-refractivity contribution in [3.8, 4) is 0 Å². The summed E-state index contributed by atoms with van der Waals surface area (Å²) in [5, 5.41) is 13.7. The number of amides is 1. The van der Waals surface area contributed by atoms with Gasteiger partial charge in [-0.1, -0.05) is 29.8 Å². The lowest BCUT2D eigenvalue weighted by molar-refractivity contribution is -0.529. The Hall–Kier alpha value is -1.91. The van der Waals surface area contributed by atoms with Crippen molar-refractivity contribution in [2.24, 2.45) is 0 Å². The molecular weight excluding hydrogens is 220 g/mol. The number of benzene rings is 1. The van der Waals surface area contributed by atoms with Gasteiger partial charge in [-0.2, -0.15) is 0 Å². The predicted molar refractivity (Wildman–Crippen MR) is 62.1 cm³/mol. The third kappa shape index (κ3) is 2.43. The van der Waals surface area contributed by atoms with Gasteiger partial charge < -0.3 is 5.32 Å². The lowest BCUT2D eigenvalue weighted by Gasteiger charge is -2.26. The molecule has 1 aliphatic rings. The molecule has 1 heterocycles. The first-order valence-corrected chi connectivity index (χ1v) is 5.57. The van der Waals surface area contributed by atoms with E-state index in [0.29, 0.717) is 6.42 Å². The molecule has 1 aromatic carbocycles. The average molecular weight is 234 g/mol. The average Bonchev–Trinajstić information content (AvgIpc) is 2.29. The van der Waals surface area contributed by atoms with Gasteiger partial charge in [-0.25, -0.2) is 0 Å². The van der Waals surface area contributed by atoms with E-state index in [4.69, 9.17) is 0 Å². The van der Waals surface area contributed by atoms with E-state index in [1.165, 1.54) is 0 Å². The van der Waals surface area contributed by atoms with Gasteiger partial charge in [0.1, 0.15) is 6.04 Å². The summed E-state index contributed by atoms with van der Waals surface area (Å²) < 4.78 is 0. The first kappa shape index (κ1) is 11.6. The molecule has 0 aliphatic carbocycles. The predicted octanol–water partition coefficient (Wildman–Crippen LogP) is 1.59. The van der Waals surface area contributed by atoms with Gasteiger partial charge in [0.05, 0.1) is 0 Å². The first-order valence-electron chi connectivity index (χ1n) is 5.57. The van der Waals surface area contributed by atoms with E-state index in [1.54, 1.807) is 0 Å². The Bertz CT molecular complexity index is 442. The highest BCUT2D eigenvalue weighted by Gasteiger charge is 2.37.